The minimum atomic E-state index is -2.85. The van der Waals surface area contributed by atoms with Crippen molar-refractivity contribution < 1.29 is 18.3 Å². The molecule has 2 aromatic rings. The molecule has 0 saturated heterocycles. The molecule has 6 heteroatoms. The molecule has 16 heavy (non-hydrogen) atoms. The molecule has 4 nitrogen and oxygen atoms in total. The summed E-state index contributed by atoms with van der Waals surface area (Å²) < 4.78 is 35.1. The normalized spacial score (nSPS) is 11.2. The molecule has 0 spiro atoms. The van der Waals surface area contributed by atoms with Gasteiger partial charge < -0.3 is 13.9 Å². The first-order valence-corrected chi connectivity index (χ1v) is 4.61. The van der Waals surface area contributed by atoms with Crippen LogP contribution in [-0.4, -0.2) is 23.1 Å². The number of hydrogen-bond donors (Lipinski definition) is 0. The number of methoxy groups -OCH3 is 1. The highest BCUT2D eigenvalue weighted by Crippen LogP contribution is 2.21. The second-order valence-corrected chi connectivity index (χ2v) is 3.15. The smallest absolute Gasteiger partial charge is 0.387 e. The van der Waals surface area contributed by atoms with E-state index >= 15 is 0 Å². The molecule has 0 aliphatic carbocycles. The fraction of sp³-hybridized carbons (Fsp3) is 0.300. The predicted octanol–water partition coefficient (Wildman–Crippen LogP) is 2.08. The third-order valence-electron chi connectivity index (χ3n) is 2.01. The van der Waals surface area contributed by atoms with Crippen LogP contribution in [-0.2, 0) is 11.3 Å². The molecular formula is C10H10F2N2O2. The van der Waals surface area contributed by atoms with Gasteiger partial charge in [0.1, 0.15) is 0 Å². The van der Waals surface area contributed by atoms with Gasteiger partial charge in [-0.2, -0.15) is 8.78 Å². The van der Waals surface area contributed by atoms with E-state index in [9.17, 15) is 8.78 Å². The molecule has 0 N–H and O–H groups in total. The highest BCUT2D eigenvalue weighted by Gasteiger charge is 2.11. The average Bonchev–Trinajstić information content (AvgIpc) is 2.61. The Morgan fingerprint density at radius 2 is 2.31 bits per heavy atom. The molecule has 86 valence electrons. The molecule has 0 unspecified atom stereocenters. The molecule has 0 radical (unpaired) electrons. The van der Waals surface area contributed by atoms with Crippen LogP contribution in [0.3, 0.4) is 0 Å². The second-order valence-electron chi connectivity index (χ2n) is 3.15. The van der Waals surface area contributed by atoms with Gasteiger partial charge in [-0.05, 0) is 12.1 Å². The van der Waals surface area contributed by atoms with Crippen LogP contribution in [0, 0.1) is 0 Å². The molecule has 0 bridgehead atoms. The summed E-state index contributed by atoms with van der Waals surface area (Å²) in [7, 11) is 1.54. The van der Waals surface area contributed by atoms with E-state index in [0.717, 1.165) is 0 Å². The first kappa shape index (κ1) is 10.8. The maximum Gasteiger partial charge on any atom is 0.387 e. The Hall–Kier alpha value is -1.69. The highest BCUT2D eigenvalue weighted by atomic mass is 19.3. The molecule has 2 heterocycles. The summed E-state index contributed by atoms with van der Waals surface area (Å²) in [5, 5.41) is 0. The lowest BCUT2D eigenvalue weighted by atomic mass is 10.4. The van der Waals surface area contributed by atoms with Crippen molar-refractivity contribution in [3.63, 3.8) is 0 Å². The van der Waals surface area contributed by atoms with Crippen molar-refractivity contribution in [2.24, 2.45) is 0 Å². The summed E-state index contributed by atoms with van der Waals surface area (Å²) in [6, 6.07) is 3.06. The van der Waals surface area contributed by atoms with E-state index in [1.165, 1.54) is 6.07 Å². The highest BCUT2D eigenvalue weighted by molar-refractivity contribution is 5.54. The fourth-order valence-electron chi connectivity index (χ4n) is 1.44. The number of halogens is 2. The molecular weight excluding hydrogens is 218 g/mol. The first-order chi connectivity index (χ1) is 7.70. The van der Waals surface area contributed by atoms with E-state index in [-0.39, 0.29) is 5.75 Å². The molecule has 0 amide bonds. The first-order valence-electron chi connectivity index (χ1n) is 4.61. The maximum atomic E-state index is 12.1. The zero-order chi connectivity index (χ0) is 11.5. The van der Waals surface area contributed by atoms with Crippen molar-refractivity contribution in [1.29, 1.82) is 0 Å². The molecule has 0 aromatic carbocycles. The summed E-state index contributed by atoms with van der Waals surface area (Å²) in [5.41, 5.74) is 1.02. The van der Waals surface area contributed by atoms with E-state index in [2.05, 4.69) is 9.72 Å². The van der Waals surface area contributed by atoms with Gasteiger partial charge in [0, 0.05) is 19.5 Å². The molecule has 0 fully saturated rings. The average molecular weight is 228 g/mol. The van der Waals surface area contributed by atoms with Gasteiger partial charge in [-0.25, -0.2) is 4.98 Å². The molecule has 0 aliphatic heterocycles. The van der Waals surface area contributed by atoms with Gasteiger partial charge in [0.25, 0.3) is 0 Å². The Balaban J connectivity index is 2.41. The number of fused-ring (bicyclic) bond motifs is 1. The van der Waals surface area contributed by atoms with Crippen LogP contribution in [0.5, 0.6) is 5.75 Å². The molecule has 0 saturated carbocycles. The number of rotatable bonds is 4. The van der Waals surface area contributed by atoms with Crippen molar-refractivity contribution in [1.82, 2.24) is 9.38 Å². The minimum absolute atomic E-state index is 0.0554. The largest absolute Gasteiger partial charge is 0.431 e. The third-order valence-corrected chi connectivity index (χ3v) is 2.01. The maximum absolute atomic E-state index is 12.1. The van der Waals surface area contributed by atoms with Gasteiger partial charge in [0.05, 0.1) is 12.3 Å². The van der Waals surface area contributed by atoms with E-state index in [0.29, 0.717) is 17.9 Å². The topological polar surface area (TPSA) is 35.8 Å². The Bertz CT molecular complexity index is 485. The SMILES string of the molecule is COCc1cn2cccc(OC(F)F)c2n1. The van der Waals surface area contributed by atoms with Gasteiger partial charge in [-0.1, -0.05) is 0 Å². The Morgan fingerprint density at radius 1 is 1.50 bits per heavy atom. The number of pyridine rings is 1. The zero-order valence-corrected chi connectivity index (χ0v) is 8.56. The summed E-state index contributed by atoms with van der Waals surface area (Å²) in [5.74, 6) is 0.0554. The Morgan fingerprint density at radius 3 is 3.00 bits per heavy atom. The third kappa shape index (κ3) is 2.11. The van der Waals surface area contributed by atoms with Crippen LogP contribution in [0.2, 0.25) is 0 Å². The fourth-order valence-corrected chi connectivity index (χ4v) is 1.44. The molecule has 2 rings (SSSR count). The van der Waals surface area contributed by atoms with E-state index in [4.69, 9.17) is 4.74 Å². The van der Waals surface area contributed by atoms with E-state index < -0.39 is 6.61 Å². The van der Waals surface area contributed by atoms with Crippen molar-refractivity contribution in [3.8, 4) is 5.75 Å². The Labute approximate surface area is 90.4 Å². The van der Waals surface area contributed by atoms with Crippen molar-refractivity contribution in [3.05, 3.63) is 30.2 Å². The van der Waals surface area contributed by atoms with Gasteiger partial charge in [-0.15, -0.1) is 0 Å². The summed E-state index contributed by atoms with van der Waals surface area (Å²) in [6.07, 6.45) is 3.41. The lowest BCUT2D eigenvalue weighted by Gasteiger charge is -2.04. The molecule has 0 aliphatic rings. The van der Waals surface area contributed by atoms with Crippen LogP contribution in [0.25, 0.3) is 5.65 Å². The number of aromatic nitrogens is 2. The van der Waals surface area contributed by atoms with Crippen molar-refractivity contribution >= 4 is 5.65 Å². The number of imidazole rings is 1. The van der Waals surface area contributed by atoms with Gasteiger partial charge in [-0.3, -0.25) is 0 Å². The summed E-state index contributed by atoms with van der Waals surface area (Å²) in [4.78, 5) is 4.14. The monoisotopic (exact) mass is 228 g/mol. The minimum Gasteiger partial charge on any atom is -0.431 e. The quantitative estimate of drug-likeness (QED) is 0.803. The van der Waals surface area contributed by atoms with Crippen LogP contribution >= 0.6 is 0 Å². The van der Waals surface area contributed by atoms with Crippen LogP contribution in [0.1, 0.15) is 5.69 Å². The molecule has 0 atom stereocenters. The number of ether oxygens (including phenoxy) is 2. The number of nitrogens with zero attached hydrogens (tertiary/aromatic N) is 2. The van der Waals surface area contributed by atoms with Crippen LogP contribution < -0.4 is 4.74 Å². The van der Waals surface area contributed by atoms with E-state index in [1.54, 1.807) is 30.0 Å². The summed E-state index contributed by atoms with van der Waals surface area (Å²) in [6.45, 7) is -2.52. The zero-order valence-electron chi connectivity index (χ0n) is 8.56. The standard InChI is InChI=1S/C10H10F2N2O2/c1-15-6-7-5-14-4-2-3-8(9(14)13-7)16-10(11)12/h2-5,10H,6H2,1H3. The lowest BCUT2D eigenvalue weighted by Crippen LogP contribution is -2.03. The summed E-state index contributed by atoms with van der Waals surface area (Å²) >= 11 is 0. The van der Waals surface area contributed by atoms with Crippen LogP contribution in [0.15, 0.2) is 24.5 Å². The molecule has 2 aromatic heterocycles. The second kappa shape index (κ2) is 4.44. The van der Waals surface area contributed by atoms with Gasteiger partial charge in [0.15, 0.2) is 11.4 Å². The van der Waals surface area contributed by atoms with E-state index in [1.807, 2.05) is 0 Å². The van der Waals surface area contributed by atoms with Crippen molar-refractivity contribution in [2.45, 2.75) is 13.2 Å². The van der Waals surface area contributed by atoms with Crippen LogP contribution in [0.4, 0.5) is 8.78 Å². The lowest BCUT2D eigenvalue weighted by molar-refractivity contribution is -0.0491. The number of alkyl halides is 2. The van der Waals surface area contributed by atoms with Crippen molar-refractivity contribution in [2.75, 3.05) is 7.11 Å². The number of hydrogen-bond acceptors (Lipinski definition) is 3. The van der Waals surface area contributed by atoms with Gasteiger partial charge in [0.2, 0.25) is 0 Å². The van der Waals surface area contributed by atoms with Gasteiger partial charge >= 0.3 is 6.61 Å². The predicted molar refractivity (Wildman–Crippen MR) is 52.5 cm³/mol. The Kier molecular flexibility index (Phi) is 3.00.